The maximum atomic E-state index is 11.9. The van der Waals surface area contributed by atoms with Gasteiger partial charge in [0, 0.05) is 19.0 Å². The highest BCUT2D eigenvalue weighted by Crippen LogP contribution is 2.12. The highest BCUT2D eigenvalue weighted by molar-refractivity contribution is 5.97. The van der Waals surface area contributed by atoms with Crippen molar-refractivity contribution < 1.29 is 14.3 Å². The molecule has 0 aliphatic carbocycles. The number of carbonyl (C=O) groups excluding carboxylic acids is 2. The van der Waals surface area contributed by atoms with E-state index in [4.69, 9.17) is 4.74 Å². The first-order valence-electron chi connectivity index (χ1n) is 6.26. The number of methoxy groups -OCH3 is 1. The predicted molar refractivity (Wildman–Crippen MR) is 73.5 cm³/mol. The minimum Gasteiger partial charge on any atom is -0.497 e. The Bertz CT molecular complexity index is 432. The molecular weight excluding hydrogens is 244 g/mol. The quantitative estimate of drug-likeness (QED) is 0.543. The Morgan fingerprint density at radius 3 is 2.74 bits per heavy atom. The Morgan fingerprint density at radius 1 is 1.26 bits per heavy atom. The zero-order chi connectivity index (χ0) is 14.1. The zero-order valence-corrected chi connectivity index (χ0v) is 11.4. The fourth-order valence-electron chi connectivity index (χ4n) is 1.58. The lowest BCUT2D eigenvalue weighted by Gasteiger charge is -2.06. The molecule has 0 fully saturated rings. The molecule has 1 aromatic carbocycles. The number of hydrogen-bond acceptors (Lipinski definition) is 4. The van der Waals surface area contributed by atoms with E-state index in [0.717, 1.165) is 6.42 Å². The van der Waals surface area contributed by atoms with Crippen molar-refractivity contribution in [3.05, 3.63) is 29.8 Å². The molecule has 0 bridgehead atoms. The van der Waals surface area contributed by atoms with E-state index in [9.17, 15) is 9.59 Å². The molecule has 0 aliphatic rings. The van der Waals surface area contributed by atoms with Crippen LogP contribution in [0.25, 0.3) is 0 Å². The topological polar surface area (TPSA) is 67.4 Å². The van der Waals surface area contributed by atoms with Crippen molar-refractivity contribution in [3.8, 4) is 5.75 Å². The highest BCUT2D eigenvalue weighted by atomic mass is 16.5. The normalized spacial score (nSPS) is 10.0. The molecule has 104 valence electrons. The van der Waals surface area contributed by atoms with Gasteiger partial charge in [0.15, 0.2) is 5.78 Å². The number of benzene rings is 1. The zero-order valence-electron chi connectivity index (χ0n) is 11.4. The van der Waals surface area contributed by atoms with E-state index in [2.05, 4.69) is 10.6 Å². The molecule has 1 amide bonds. The molecule has 0 radical (unpaired) electrons. The van der Waals surface area contributed by atoms with Crippen LogP contribution >= 0.6 is 0 Å². The van der Waals surface area contributed by atoms with Crippen molar-refractivity contribution in [2.24, 2.45) is 0 Å². The van der Waals surface area contributed by atoms with E-state index in [1.807, 2.05) is 0 Å². The summed E-state index contributed by atoms with van der Waals surface area (Å²) in [4.78, 5) is 22.5. The van der Waals surface area contributed by atoms with Gasteiger partial charge in [-0.25, -0.2) is 0 Å². The molecule has 19 heavy (non-hydrogen) atoms. The van der Waals surface area contributed by atoms with Gasteiger partial charge in [-0.3, -0.25) is 9.59 Å². The van der Waals surface area contributed by atoms with Gasteiger partial charge in [-0.1, -0.05) is 12.1 Å². The third-order valence-corrected chi connectivity index (χ3v) is 2.58. The van der Waals surface area contributed by atoms with E-state index in [1.54, 1.807) is 31.4 Å². The Hall–Kier alpha value is -1.88. The Balaban J connectivity index is 2.25. The summed E-state index contributed by atoms with van der Waals surface area (Å²) in [6.07, 6.45) is 0.797. The van der Waals surface area contributed by atoms with Crippen LogP contribution in [0.1, 0.15) is 23.7 Å². The van der Waals surface area contributed by atoms with Crippen molar-refractivity contribution in [2.45, 2.75) is 13.3 Å². The van der Waals surface area contributed by atoms with Gasteiger partial charge in [-0.2, -0.15) is 0 Å². The van der Waals surface area contributed by atoms with Crippen LogP contribution in [0, 0.1) is 0 Å². The third kappa shape index (κ3) is 6.01. The number of nitrogens with one attached hydrogen (secondary N) is 2. The second-order valence-corrected chi connectivity index (χ2v) is 4.17. The van der Waals surface area contributed by atoms with E-state index in [-0.39, 0.29) is 18.2 Å². The van der Waals surface area contributed by atoms with Gasteiger partial charge in [0.2, 0.25) is 5.91 Å². The van der Waals surface area contributed by atoms with Crippen LogP contribution < -0.4 is 15.4 Å². The Kier molecular flexibility index (Phi) is 6.60. The SMILES string of the molecule is COc1cccc(C(=O)CNCCCNC(C)=O)c1. The number of amides is 1. The monoisotopic (exact) mass is 264 g/mol. The average molecular weight is 264 g/mol. The van der Waals surface area contributed by atoms with Crippen LogP contribution in [-0.2, 0) is 4.79 Å². The summed E-state index contributed by atoms with van der Waals surface area (Å²) >= 11 is 0. The minimum atomic E-state index is -0.0348. The average Bonchev–Trinajstić information content (AvgIpc) is 2.42. The summed E-state index contributed by atoms with van der Waals surface area (Å²) in [5, 5.41) is 5.75. The van der Waals surface area contributed by atoms with Crippen molar-refractivity contribution in [3.63, 3.8) is 0 Å². The number of ketones is 1. The Labute approximate surface area is 113 Å². The number of hydrogen-bond donors (Lipinski definition) is 2. The van der Waals surface area contributed by atoms with Crippen LogP contribution in [0.5, 0.6) is 5.75 Å². The molecule has 0 spiro atoms. The molecule has 2 N–H and O–H groups in total. The molecule has 0 saturated heterocycles. The summed E-state index contributed by atoms with van der Waals surface area (Å²) in [5.74, 6) is 0.669. The van der Waals surface area contributed by atoms with Crippen molar-refractivity contribution >= 4 is 11.7 Å². The second kappa shape index (κ2) is 8.26. The fraction of sp³-hybridized carbons (Fsp3) is 0.429. The molecule has 0 unspecified atom stereocenters. The number of ether oxygens (including phenoxy) is 1. The molecule has 0 heterocycles. The van der Waals surface area contributed by atoms with Crippen LogP contribution in [0.3, 0.4) is 0 Å². The van der Waals surface area contributed by atoms with Crippen LogP contribution in [-0.4, -0.2) is 38.4 Å². The van der Waals surface area contributed by atoms with Crippen molar-refractivity contribution in [1.29, 1.82) is 0 Å². The lowest BCUT2D eigenvalue weighted by Crippen LogP contribution is -2.28. The fourth-order valence-corrected chi connectivity index (χ4v) is 1.58. The molecule has 1 aromatic rings. The van der Waals surface area contributed by atoms with Gasteiger partial charge in [0.1, 0.15) is 5.75 Å². The first kappa shape index (κ1) is 15.2. The van der Waals surface area contributed by atoms with Gasteiger partial charge in [0.05, 0.1) is 13.7 Å². The molecule has 0 saturated carbocycles. The van der Waals surface area contributed by atoms with Gasteiger partial charge in [0.25, 0.3) is 0 Å². The molecule has 0 aromatic heterocycles. The Morgan fingerprint density at radius 2 is 2.05 bits per heavy atom. The molecular formula is C14H20N2O3. The predicted octanol–water partition coefficient (Wildman–Crippen LogP) is 0.994. The molecule has 5 nitrogen and oxygen atoms in total. The molecule has 5 heteroatoms. The standard InChI is InChI=1S/C14H20N2O3/c1-11(17)16-8-4-7-15-10-14(18)12-5-3-6-13(9-12)19-2/h3,5-6,9,15H,4,7-8,10H2,1-2H3,(H,16,17). The van der Waals surface area contributed by atoms with Crippen LogP contribution in [0.2, 0.25) is 0 Å². The smallest absolute Gasteiger partial charge is 0.216 e. The van der Waals surface area contributed by atoms with E-state index < -0.39 is 0 Å². The van der Waals surface area contributed by atoms with Gasteiger partial charge < -0.3 is 15.4 Å². The van der Waals surface area contributed by atoms with Gasteiger partial charge >= 0.3 is 0 Å². The second-order valence-electron chi connectivity index (χ2n) is 4.17. The largest absolute Gasteiger partial charge is 0.497 e. The van der Waals surface area contributed by atoms with Crippen LogP contribution in [0.4, 0.5) is 0 Å². The summed E-state index contributed by atoms with van der Waals surface area (Å²) in [6.45, 7) is 3.08. The molecule has 0 aliphatic heterocycles. The number of carbonyl (C=O) groups is 2. The lowest BCUT2D eigenvalue weighted by atomic mass is 10.1. The van der Waals surface area contributed by atoms with E-state index in [0.29, 0.717) is 24.4 Å². The maximum Gasteiger partial charge on any atom is 0.216 e. The number of Topliss-reactive ketones (excluding diaryl/α,β-unsaturated/α-hetero) is 1. The minimum absolute atomic E-state index is 0.0263. The number of rotatable bonds is 8. The first-order chi connectivity index (χ1) is 9.13. The summed E-state index contributed by atoms with van der Waals surface area (Å²) < 4.78 is 5.07. The van der Waals surface area contributed by atoms with E-state index >= 15 is 0 Å². The van der Waals surface area contributed by atoms with Gasteiger partial charge in [-0.15, -0.1) is 0 Å². The highest BCUT2D eigenvalue weighted by Gasteiger charge is 2.05. The summed E-state index contributed by atoms with van der Waals surface area (Å²) in [7, 11) is 1.57. The lowest BCUT2D eigenvalue weighted by molar-refractivity contribution is -0.118. The summed E-state index contributed by atoms with van der Waals surface area (Å²) in [6, 6.07) is 7.09. The third-order valence-electron chi connectivity index (χ3n) is 2.58. The van der Waals surface area contributed by atoms with Crippen molar-refractivity contribution in [1.82, 2.24) is 10.6 Å². The van der Waals surface area contributed by atoms with Crippen LogP contribution in [0.15, 0.2) is 24.3 Å². The first-order valence-corrected chi connectivity index (χ1v) is 6.26. The van der Waals surface area contributed by atoms with Gasteiger partial charge in [-0.05, 0) is 25.1 Å². The summed E-state index contributed by atoms with van der Waals surface area (Å²) in [5.41, 5.74) is 0.633. The molecule has 0 atom stereocenters. The maximum absolute atomic E-state index is 11.9. The van der Waals surface area contributed by atoms with E-state index in [1.165, 1.54) is 6.92 Å². The van der Waals surface area contributed by atoms with Crippen molar-refractivity contribution in [2.75, 3.05) is 26.7 Å². The molecule has 1 rings (SSSR count).